The lowest BCUT2D eigenvalue weighted by molar-refractivity contribution is -0.156. The number of carbonyl (C=O) groups is 2. The summed E-state index contributed by atoms with van der Waals surface area (Å²) < 4.78 is 0. The maximum atomic E-state index is 11.7. The van der Waals surface area contributed by atoms with Gasteiger partial charge in [0.25, 0.3) is 0 Å². The third-order valence-electron chi connectivity index (χ3n) is 3.16. The van der Waals surface area contributed by atoms with Gasteiger partial charge in [0, 0.05) is 26.2 Å². The fraction of sp³-hybridized carbons (Fsp3) is 0.467. The molecule has 0 spiro atoms. The van der Waals surface area contributed by atoms with Crippen LogP contribution in [0.25, 0.3) is 0 Å². The molecule has 1 unspecified atom stereocenters. The summed E-state index contributed by atoms with van der Waals surface area (Å²) in [6.07, 6.45) is 0.801. The van der Waals surface area contributed by atoms with Crippen molar-refractivity contribution in [3.05, 3.63) is 29.8 Å². The van der Waals surface area contributed by atoms with Crippen LogP contribution in [0.4, 0.5) is 5.69 Å². The van der Waals surface area contributed by atoms with Gasteiger partial charge in [0.05, 0.1) is 6.54 Å². The molecule has 1 atom stereocenters. The summed E-state index contributed by atoms with van der Waals surface area (Å²) in [5.41, 5.74) is 0.142. The molecule has 0 aliphatic carbocycles. The molecular formula is C15H22N2O4. The monoisotopic (exact) mass is 294 g/mol. The molecule has 0 radical (unpaired) electrons. The number of amides is 1. The van der Waals surface area contributed by atoms with E-state index in [2.05, 4.69) is 5.32 Å². The molecule has 6 heteroatoms. The smallest absolute Gasteiger partial charge is 0.337 e. The molecule has 0 aliphatic rings. The molecule has 0 saturated heterocycles. The number of anilines is 1. The van der Waals surface area contributed by atoms with Crippen molar-refractivity contribution in [1.29, 1.82) is 0 Å². The van der Waals surface area contributed by atoms with Gasteiger partial charge in [0.15, 0.2) is 5.60 Å². The highest BCUT2D eigenvalue weighted by atomic mass is 16.4. The number of carbonyl (C=O) groups excluding carboxylic acids is 1. The molecule has 0 saturated carbocycles. The Balaban J connectivity index is 2.47. The van der Waals surface area contributed by atoms with Crippen LogP contribution >= 0.6 is 0 Å². The van der Waals surface area contributed by atoms with Crippen LogP contribution in [-0.2, 0) is 16.0 Å². The van der Waals surface area contributed by atoms with Gasteiger partial charge in [-0.15, -0.1) is 0 Å². The van der Waals surface area contributed by atoms with Crippen LogP contribution in [0.2, 0.25) is 0 Å². The van der Waals surface area contributed by atoms with Crippen molar-refractivity contribution < 1.29 is 19.8 Å². The molecule has 1 aromatic carbocycles. The number of rotatable bonds is 7. The summed E-state index contributed by atoms with van der Waals surface area (Å²) >= 11 is 0. The number of nitrogens with zero attached hydrogens (tertiary/aromatic N) is 1. The van der Waals surface area contributed by atoms with Gasteiger partial charge in [0.2, 0.25) is 5.91 Å². The fourth-order valence-corrected chi connectivity index (χ4v) is 1.68. The van der Waals surface area contributed by atoms with Crippen molar-refractivity contribution in [2.24, 2.45) is 0 Å². The summed E-state index contributed by atoms with van der Waals surface area (Å²) in [5, 5.41) is 20.7. The number of carboxylic acid groups (broad SMARTS) is 1. The van der Waals surface area contributed by atoms with Crippen LogP contribution in [0, 0.1) is 0 Å². The third-order valence-corrected chi connectivity index (χ3v) is 3.16. The van der Waals surface area contributed by atoms with Crippen molar-refractivity contribution in [2.45, 2.75) is 25.4 Å². The SMILES string of the molecule is CN(C)c1cccc(CCC(=O)NCC(C)(O)C(=O)O)c1. The topological polar surface area (TPSA) is 89.9 Å². The van der Waals surface area contributed by atoms with Crippen molar-refractivity contribution in [2.75, 3.05) is 25.5 Å². The molecule has 1 amide bonds. The zero-order valence-corrected chi connectivity index (χ0v) is 12.6. The second-order valence-electron chi connectivity index (χ2n) is 5.42. The minimum absolute atomic E-state index is 0.243. The molecule has 1 rings (SSSR count). The van der Waals surface area contributed by atoms with Crippen molar-refractivity contribution in [1.82, 2.24) is 5.32 Å². The summed E-state index contributed by atoms with van der Waals surface area (Å²) in [7, 11) is 3.89. The third kappa shape index (κ3) is 5.43. The first-order chi connectivity index (χ1) is 9.72. The molecule has 1 aromatic rings. The number of carboxylic acids is 1. The first-order valence-corrected chi connectivity index (χ1v) is 6.71. The van der Waals surface area contributed by atoms with Gasteiger partial charge in [-0.3, -0.25) is 4.79 Å². The first kappa shape index (κ1) is 17.0. The Morgan fingerprint density at radius 3 is 2.57 bits per heavy atom. The number of hydrogen-bond donors (Lipinski definition) is 3. The van der Waals surface area contributed by atoms with E-state index in [4.69, 9.17) is 5.11 Å². The minimum atomic E-state index is -1.94. The molecule has 0 fully saturated rings. The Kier molecular flexibility index (Phi) is 5.72. The summed E-state index contributed by atoms with van der Waals surface area (Å²) in [5.74, 6) is -1.65. The second kappa shape index (κ2) is 7.08. The average molecular weight is 294 g/mol. The van der Waals surface area contributed by atoms with Gasteiger partial charge in [-0.1, -0.05) is 12.1 Å². The van der Waals surface area contributed by atoms with E-state index < -0.39 is 11.6 Å². The highest BCUT2D eigenvalue weighted by molar-refractivity contribution is 5.80. The van der Waals surface area contributed by atoms with Gasteiger partial charge in [-0.25, -0.2) is 4.79 Å². The van der Waals surface area contributed by atoms with Crippen molar-refractivity contribution >= 4 is 17.6 Å². The second-order valence-corrected chi connectivity index (χ2v) is 5.42. The maximum absolute atomic E-state index is 11.7. The molecule has 3 N–H and O–H groups in total. The van der Waals surface area contributed by atoms with Crippen LogP contribution in [0.5, 0.6) is 0 Å². The first-order valence-electron chi connectivity index (χ1n) is 6.71. The largest absolute Gasteiger partial charge is 0.479 e. The van der Waals surface area contributed by atoms with Crippen LogP contribution in [0.15, 0.2) is 24.3 Å². The molecule has 6 nitrogen and oxygen atoms in total. The van der Waals surface area contributed by atoms with Crippen LogP contribution < -0.4 is 10.2 Å². The number of aliphatic hydroxyl groups is 1. The van der Waals surface area contributed by atoms with Gasteiger partial charge >= 0.3 is 5.97 Å². The molecule has 21 heavy (non-hydrogen) atoms. The summed E-state index contributed by atoms with van der Waals surface area (Å²) in [4.78, 5) is 24.4. The maximum Gasteiger partial charge on any atom is 0.337 e. The standard InChI is InChI=1S/C15H22N2O4/c1-15(21,14(19)20)10-16-13(18)8-7-11-5-4-6-12(9-11)17(2)3/h4-6,9,21H,7-8,10H2,1-3H3,(H,16,18)(H,19,20). The number of nitrogens with one attached hydrogen (secondary N) is 1. The Hall–Kier alpha value is -2.08. The van der Waals surface area contributed by atoms with E-state index >= 15 is 0 Å². The zero-order chi connectivity index (χ0) is 16.0. The molecule has 0 aromatic heterocycles. The van der Waals surface area contributed by atoms with Gasteiger partial charge < -0.3 is 20.4 Å². The van der Waals surface area contributed by atoms with E-state index in [9.17, 15) is 14.7 Å². The van der Waals surface area contributed by atoms with Gasteiger partial charge in [-0.05, 0) is 31.0 Å². The summed E-state index contributed by atoms with van der Waals surface area (Å²) in [6, 6.07) is 7.85. The highest BCUT2D eigenvalue weighted by Gasteiger charge is 2.30. The summed E-state index contributed by atoms with van der Waals surface area (Å²) in [6.45, 7) is 0.842. The van der Waals surface area contributed by atoms with Crippen LogP contribution in [-0.4, -0.2) is 48.3 Å². The molecule has 0 bridgehead atoms. The average Bonchev–Trinajstić information content (AvgIpc) is 2.43. The molecule has 0 aliphatic heterocycles. The quantitative estimate of drug-likeness (QED) is 0.686. The van der Waals surface area contributed by atoms with E-state index in [1.807, 2.05) is 43.3 Å². The van der Waals surface area contributed by atoms with Crippen LogP contribution in [0.3, 0.4) is 0 Å². The van der Waals surface area contributed by atoms with Crippen molar-refractivity contribution in [3.8, 4) is 0 Å². The van der Waals surface area contributed by atoms with Gasteiger partial charge in [-0.2, -0.15) is 0 Å². The lowest BCUT2D eigenvalue weighted by atomic mass is 10.1. The normalized spacial score (nSPS) is 13.3. The lowest BCUT2D eigenvalue weighted by Crippen LogP contribution is -2.46. The van der Waals surface area contributed by atoms with E-state index in [-0.39, 0.29) is 18.9 Å². The van der Waals surface area contributed by atoms with E-state index in [1.165, 1.54) is 0 Å². The zero-order valence-electron chi connectivity index (χ0n) is 12.6. The Bertz CT molecular complexity index is 512. The predicted octanol–water partition coefficient (Wildman–Crippen LogP) is 0.637. The minimum Gasteiger partial charge on any atom is -0.479 e. The fourth-order valence-electron chi connectivity index (χ4n) is 1.68. The predicted molar refractivity (Wildman–Crippen MR) is 80.4 cm³/mol. The Labute approximate surface area is 124 Å². The number of aliphatic carboxylic acids is 1. The number of hydrogen-bond acceptors (Lipinski definition) is 4. The van der Waals surface area contributed by atoms with Gasteiger partial charge in [0.1, 0.15) is 0 Å². The molecule has 116 valence electrons. The van der Waals surface area contributed by atoms with E-state index in [1.54, 1.807) is 0 Å². The van der Waals surface area contributed by atoms with Crippen LogP contribution in [0.1, 0.15) is 18.9 Å². The Morgan fingerprint density at radius 1 is 1.33 bits per heavy atom. The Morgan fingerprint density at radius 2 is 2.00 bits per heavy atom. The molecule has 0 heterocycles. The lowest BCUT2D eigenvalue weighted by Gasteiger charge is -2.18. The van der Waals surface area contributed by atoms with Crippen molar-refractivity contribution in [3.63, 3.8) is 0 Å². The van der Waals surface area contributed by atoms with E-state index in [0.29, 0.717) is 6.42 Å². The number of benzene rings is 1. The highest BCUT2D eigenvalue weighted by Crippen LogP contribution is 2.14. The van der Waals surface area contributed by atoms with E-state index in [0.717, 1.165) is 18.2 Å². The number of aryl methyl sites for hydroxylation is 1. The molecular weight excluding hydrogens is 272 g/mol.